The monoisotopic (exact) mass is 407 g/mol. The van der Waals surface area contributed by atoms with Crippen LogP contribution in [0.15, 0.2) is 72.0 Å². The number of hydrogen-bond donors (Lipinski definition) is 1. The fraction of sp³-hybridized carbons (Fsp3) is 0. The van der Waals surface area contributed by atoms with Crippen molar-refractivity contribution in [1.29, 1.82) is 0 Å². The van der Waals surface area contributed by atoms with Crippen LogP contribution in [0.5, 0.6) is 11.5 Å². The van der Waals surface area contributed by atoms with Crippen LogP contribution in [0.2, 0.25) is 0 Å². The summed E-state index contributed by atoms with van der Waals surface area (Å²) in [5.41, 5.74) is 2.26. The molecule has 11 heteroatoms. The minimum atomic E-state index is -0.756. The number of hydrogen-bond acceptors (Lipinski definition) is 8. The predicted octanol–water partition coefficient (Wildman–Crippen LogP) is 3.45. The molecule has 11 nitrogen and oxygen atoms in total. The Balaban J connectivity index is 1.67. The fourth-order valence-corrected chi connectivity index (χ4v) is 2.32. The van der Waals surface area contributed by atoms with Crippen molar-refractivity contribution in [2.24, 2.45) is 5.10 Å². The van der Waals surface area contributed by atoms with Crippen molar-refractivity contribution < 1.29 is 19.4 Å². The molecule has 2 aromatic carbocycles. The highest BCUT2D eigenvalue weighted by atomic mass is 16.6. The maximum Gasteiger partial charge on any atom is 0.318 e. The van der Waals surface area contributed by atoms with E-state index < -0.39 is 27.1 Å². The second-order valence-corrected chi connectivity index (χ2v) is 5.75. The summed E-state index contributed by atoms with van der Waals surface area (Å²) < 4.78 is 5.47. The molecule has 1 aromatic heterocycles. The summed E-state index contributed by atoms with van der Waals surface area (Å²) >= 11 is 0. The van der Waals surface area contributed by atoms with Crippen molar-refractivity contribution in [2.75, 3.05) is 0 Å². The first-order valence-corrected chi connectivity index (χ1v) is 8.39. The lowest BCUT2D eigenvalue weighted by Gasteiger charge is -2.06. The molecule has 3 rings (SSSR count). The van der Waals surface area contributed by atoms with E-state index in [1.807, 2.05) is 0 Å². The average Bonchev–Trinajstić information content (AvgIpc) is 2.75. The Labute approximate surface area is 168 Å². The Morgan fingerprint density at radius 1 is 1.03 bits per heavy atom. The molecule has 0 saturated heterocycles. The van der Waals surface area contributed by atoms with Gasteiger partial charge >= 0.3 is 5.69 Å². The molecule has 0 fully saturated rings. The van der Waals surface area contributed by atoms with Gasteiger partial charge in [0, 0.05) is 12.3 Å². The summed E-state index contributed by atoms with van der Waals surface area (Å²) in [7, 11) is 0. The van der Waals surface area contributed by atoms with Crippen LogP contribution in [0.4, 0.5) is 11.4 Å². The Hall–Kier alpha value is -4.67. The van der Waals surface area contributed by atoms with Gasteiger partial charge in [-0.3, -0.25) is 30.0 Å². The first kappa shape index (κ1) is 20.1. The van der Waals surface area contributed by atoms with Crippen molar-refractivity contribution in [3.05, 3.63) is 98.3 Å². The summed E-state index contributed by atoms with van der Waals surface area (Å²) in [5.74, 6) is -0.312. The van der Waals surface area contributed by atoms with E-state index in [4.69, 9.17) is 4.74 Å². The van der Waals surface area contributed by atoms with E-state index in [2.05, 4.69) is 15.5 Å². The zero-order valence-corrected chi connectivity index (χ0v) is 15.2. The largest absolute Gasteiger partial charge is 0.450 e. The second kappa shape index (κ2) is 9.01. The van der Waals surface area contributed by atoms with Gasteiger partial charge in [0.05, 0.1) is 22.1 Å². The molecular formula is C19H13N5O6. The van der Waals surface area contributed by atoms with Crippen LogP contribution in [0.3, 0.4) is 0 Å². The smallest absolute Gasteiger partial charge is 0.318 e. The number of non-ortho nitro benzene ring substituents is 1. The minimum absolute atomic E-state index is 0.130. The van der Waals surface area contributed by atoms with Crippen molar-refractivity contribution in [1.82, 2.24) is 10.4 Å². The number of nitrogens with zero attached hydrogens (tertiary/aromatic N) is 4. The van der Waals surface area contributed by atoms with E-state index >= 15 is 0 Å². The quantitative estimate of drug-likeness (QED) is 0.358. The van der Waals surface area contributed by atoms with Crippen LogP contribution in [0.1, 0.15) is 16.1 Å². The number of carbonyl (C=O) groups excluding carboxylic acids is 1. The minimum Gasteiger partial charge on any atom is -0.450 e. The molecule has 30 heavy (non-hydrogen) atoms. The van der Waals surface area contributed by atoms with Gasteiger partial charge in [-0.2, -0.15) is 5.10 Å². The topological polar surface area (TPSA) is 150 Å². The Kier molecular flexibility index (Phi) is 6.03. The van der Waals surface area contributed by atoms with Gasteiger partial charge in [-0.05, 0) is 48.0 Å². The first-order chi connectivity index (χ1) is 14.4. The van der Waals surface area contributed by atoms with E-state index in [0.717, 1.165) is 12.1 Å². The highest BCUT2D eigenvalue weighted by Gasteiger charge is 2.21. The van der Waals surface area contributed by atoms with Gasteiger partial charge < -0.3 is 4.74 Å². The van der Waals surface area contributed by atoms with E-state index in [1.54, 1.807) is 30.3 Å². The molecule has 0 unspecified atom stereocenters. The molecule has 0 spiro atoms. The third kappa shape index (κ3) is 4.98. The number of ether oxygens (including phenoxy) is 1. The van der Waals surface area contributed by atoms with E-state index in [0.29, 0.717) is 5.56 Å². The van der Waals surface area contributed by atoms with Gasteiger partial charge in [-0.25, -0.2) is 5.43 Å². The van der Waals surface area contributed by atoms with Gasteiger partial charge in [0.2, 0.25) is 5.75 Å². The highest BCUT2D eigenvalue weighted by molar-refractivity contribution is 5.93. The normalized spacial score (nSPS) is 10.5. The van der Waals surface area contributed by atoms with E-state index in [9.17, 15) is 25.0 Å². The highest BCUT2D eigenvalue weighted by Crippen LogP contribution is 2.34. The number of aromatic nitrogens is 1. The van der Waals surface area contributed by atoms with Crippen molar-refractivity contribution >= 4 is 23.5 Å². The van der Waals surface area contributed by atoms with Gasteiger partial charge in [-0.15, -0.1) is 0 Å². The Bertz CT molecular complexity index is 1120. The third-order valence-corrected chi connectivity index (χ3v) is 3.74. The maximum atomic E-state index is 11.8. The van der Waals surface area contributed by atoms with Gasteiger partial charge in [-0.1, -0.05) is 6.07 Å². The molecule has 0 bridgehead atoms. The summed E-state index contributed by atoms with van der Waals surface area (Å²) in [6.07, 6.45) is 2.89. The Morgan fingerprint density at radius 3 is 2.43 bits per heavy atom. The van der Waals surface area contributed by atoms with Crippen LogP contribution >= 0.6 is 0 Å². The zero-order chi connectivity index (χ0) is 21.5. The third-order valence-electron chi connectivity index (χ3n) is 3.74. The summed E-state index contributed by atoms with van der Waals surface area (Å²) in [5, 5.41) is 25.8. The fourth-order valence-electron chi connectivity index (χ4n) is 2.32. The van der Waals surface area contributed by atoms with Crippen LogP contribution in [0, 0.1) is 20.2 Å². The number of carbonyl (C=O) groups is 1. The van der Waals surface area contributed by atoms with Crippen molar-refractivity contribution in [2.45, 2.75) is 0 Å². The molecular weight excluding hydrogens is 394 g/mol. The number of rotatable bonds is 7. The van der Waals surface area contributed by atoms with Crippen LogP contribution < -0.4 is 10.2 Å². The van der Waals surface area contributed by atoms with Gasteiger partial charge in [0.15, 0.2) is 0 Å². The first-order valence-electron chi connectivity index (χ1n) is 8.39. The lowest BCUT2D eigenvalue weighted by Crippen LogP contribution is -2.18. The maximum absolute atomic E-state index is 11.8. The summed E-state index contributed by atoms with van der Waals surface area (Å²) in [4.78, 5) is 36.2. The SMILES string of the molecule is O=C(NN=Cc1ccc(Oc2ccc([N+](=O)[O-])cc2[N+](=O)[O-])cc1)c1ccccn1. The van der Waals surface area contributed by atoms with E-state index in [1.165, 1.54) is 30.6 Å². The number of nitro benzene ring substituents is 2. The molecule has 1 amide bonds. The molecule has 0 aliphatic rings. The molecule has 3 aromatic rings. The van der Waals surface area contributed by atoms with E-state index in [-0.39, 0.29) is 17.2 Å². The zero-order valence-electron chi connectivity index (χ0n) is 15.2. The van der Waals surface area contributed by atoms with Crippen LogP contribution in [0.25, 0.3) is 0 Å². The molecule has 1 heterocycles. The van der Waals surface area contributed by atoms with Crippen LogP contribution in [-0.2, 0) is 0 Å². The predicted molar refractivity (Wildman–Crippen MR) is 106 cm³/mol. The molecule has 0 radical (unpaired) electrons. The molecule has 0 aliphatic heterocycles. The van der Waals surface area contributed by atoms with Crippen molar-refractivity contribution in [3.63, 3.8) is 0 Å². The number of amides is 1. The van der Waals surface area contributed by atoms with Crippen molar-refractivity contribution in [3.8, 4) is 11.5 Å². The number of nitro groups is 2. The molecule has 0 saturated carbocycles. The number of benzene rings is 2. The number of hydrazone groups is 1. The lowest BCUT2D eigenvalue weighted by atomic mass is 10.2. The number of nitrogens with one attached hydrogen (secondary N) is 1. The second-order valence-electron chi connectivity index (χ2n) is 5.75. The van der Waals surface area contributed by atoms with Gasteiger partial charge in [0.25, 0.3) is 11.6 Å². The summed E-state index contributed by atoms with van der Waals surface area (Å²) in [6.45, 7) is 0. The number of pyridine rings is 1. The Morgan fingerprint density at radius 2 is 1.80 bits per heavy atom. The average molecular weight is 407 g/mol. The lowest BCUT2D eigenvalue weighted by molar-refractivity contribution is -0.394. The summed E-state index contributed by atoms with van der Waals surface area (Å²) in [6, 6.07) is 14.3. The standard InChI is InChI=1S/C19H13N5O6/c25-19(16-3-1-2-10-20-16)22-21-12-13-4-7-15(8-5-13)30-18-9-6-14(23(26)27)11-17(18)24(28)29/h1-12H,(H,22,25). The van der Waals surface area contributed by atoms with Gasteiger partial charge in [0.1, 0.15) is 11.4 Å². The molecule has 0 aliphatic carbocycles. The molecule has 0 atom stereocenters. The molecule has 1 N–H and O–H groups in total. The van der Waals surface area contributed by atoms with Crippen LogP contribution in [-0.4, -0.2) is 27.0 Å². The molecule has 150 valence electrons.